The summed E-state index contributed by atoms with van der Waals surface area (Å²) in [6, 6.07) is 0. The Balaban J connectivity index is 1.74. The number of carbonyl (C=O) groups is 1. The molecule has 4 saturated carbocycles. The fourth-order valence-corrected chi connectivity index (χ4v) is 8.00. The van der Waals surface area contributed by atoms with Crippen LogP contribution in [0.3, 0.4) is 0 Å². The second kappa shape index (κ2) is 3.84. The monoisotopic (exact) mass is 306 g/mol. The number of carbonyl (C=O) groups excluding carboxylic acids is 1. The summed E-state index contributed by atoms with van der Waals surface area (Å²) in [5, 5.41) is 0.260. The smallest absolute Gasteiger partial charge is 0.192 e. The zero-order chi connectivity index (χ0) is 15.3. The predicted molar refractivity (Wildman–Crippen MR) is 86.6 cm³/mol. The molecule has 4 aliphatic carbocycles. The predicted octanol–water partition coefficient (Wildman–Crippen LogP) is 4.55. The maximum atomic E-state index is 12.4. The second-order valence-electron chi connectivity index (χ2n) is 9.72. The van der Waals surface area contributed by atoms with Crippen LogP contribution in [0.5, 0.6) is 0 Å². The van der Waals surface area contributed by atoms with E-state index in [1.165, 1.54) is 32.1 Å². The van der Waals surface area contributed by atoms with Crippen molar-refractivity contribution in [3.05, 3.63) is 0 Å². The molecule has 0 bridgehead atoms. The van der Waals surface area contributed by atoms with Crippen LogP contribution in [0.25, 0.3) is 0 Å². The third-order valence-corrected chi connectivity index (χ3v) is 12.6. The summed E-state index contributed by atoms with van der Waals surface area (Å²) in [5.74, 6) is 2.38. The first-order valence-corrected chi connectivity index (χ1v) is 11.8. The van der Waals surface area contributed by atoms with Gasteiger partial charge in [-0.3, -0.25) is 4.79 Å². The zero-order valence-corrected chi connectivity index (χ0v) is 15.3. The van der Waals surface area contributed by atoms with Gasteiger partial charge in [-0.25, -0.2) is 0 Å². The van der Waals surface area contributed by atoms with Crippen LogP contribution < -0.4 is 0 Å². The van der Waals surface area contributed by atoms with Gasteiger partial charge in [-0.2, -0.15) is 0 Å². The van der Waals surface area contributed by atoms with Gasteiger partial charge in [0.05, 0.1) is 5.60 Å². The van der Waals surface area contributed by atoms with Crippen molar-refractivity contribution in [3.63, 3.8) is 0 Å². The lowest BCUT2D eigenvalue weighted by molar-refractivity contribution is -0.154. The molecule has 5 atom stereocenters. The Morgan fingerprint density at radius 1 is 1.14 bits per heavy atom. The van der Waals surface area contributed by atoms with E-state index in [0.717, 1.165) is 12.3 Å². The normalized spacial score (nSPS) is 48.2. The lowest BCUT2D eigenvalue weighted by Gasteiger charge is -2.58. The molecule has 1 spiro atoms. The third-order valence-electron chi connectivity index (χ3n) is 8.12. The molecule has 4 aliphatic rings. The van der Waals surface area contributed by atoms with E-state index in [9.17, 15) is 4.79 Å². The minimum atomic E-state index is -1.77. The average molecular weight is 307 g/mol. The Labute approximate surface area is 130 Å². The molecule has 118 valence electrons. The molecule has 0 aliphatic heterocycles. The van der Waals surface area contributed by atoms with Crippen LogP contribution in [0.1, 0.15) is 59.3 Å². The molecule has 21 heavy (non-hydrogen) atoms. The summed E-state index contributed by atoms with van der Waals surface area (Å²) in [6.45, 7) is 11.8. The molecule has 0 aromatic heterocycles. The van der Waals surface area contributed by atoms with Crippen molar-refractivity contribution < 1.29 is 9.22 Å². The number of rotatable bonds is 2. The van der Waals surface area contributed by atoms with Gasteiger partial charge in [-0.05, 0) is 62.1 Å². The average Bonchev–Trinajstić information content (AvgIpc) is 2.80. The van der Waals surface area contributed by atoms with Gasteiger partial charge in [0, 0.05) is 17.8 Å². The van der Waals surface area contributed by atoms with Crippen LogP contribution in [0, 0.1) is 23.2 Å². The van der Waals surface area contributed by atoms with Crippen molar-refractivity contribution in [2.24, 2.45) is 23.2 Å². The Hall–Kier alpha value is -0.153. The SMILES string of the molecule is CC(C)(C)[Si](C)(C)O[C@]12CC[C@@H]3CC(=O)[C@@H]4C[C@@H](CC1)C342. The van der Waals surface area contributed by atoms with Crippen molar-refractivity contribution in [2.75, 3.05) is 0 Å². The maximum Gasteiger partial charge on any atom is 0.192 e. The van der Waals surface area contributed by atoms with Gasteiger partial charge >= 0.3 is 0 Å². The first kappa shape index (κ1) is 14.4. The maximum absolute atomic E-state index is 12.4. The minimum Gasteiger partial charge on any atom is -0.411 e. The van der Waals surface area contributed by atoms with Crippen LogP contribution in [-0.4, -0.2) is 19.7 Å². The van der Waals surface area contributed by atoms with Gasteiger partial charge in [0.1, 0.15) is 5.78 Å². The first-order chi connectivity index (χ1) is 9.64. The van der Waals surface area contributed by atoms with E-state index < -0.39 is 8.32 Å². The van der Waals surface area contributed by atoms with E-state index in [1.54, 1.807) is 0 Å². The van der Waals surface area contributed by atoms with Gasteiger partial charge in [-0.1, -0.05) is 20.8 Å². The van der Waals surface area contributed by atoms with Crippen molar-refractivity contribution in [3.8, 4) is 0 Å². The molecule has 4 fully saturated rings. The lowest BCUT2D eigenvalue weighted by atomic mass is 9.51. The van der Waals surface area contributed by atoms with Gasteiger partial charge in [0.2, 0.25) is 0 Å². The van der Waals surface area contributed by atoms with E-state index >= 15 is 0 Å². The molecule has 0 aromatic carbocycles. The van der Waals surface area contributed by atoms with Crippen molar-refractivity contribution in [1.29, 1.82) is 0 Å². The quantitative estimate of drug-likeness (QED) is 0.700. The van der Waals surface area contributed by atoms with Gasteiger partial charge in [0.15, 0.2) is 8.32 Å². The number of Topliss-reactive ketones (excluding diaryl/α,β-unsaturated/α-hetero) is 1. The standard InChI is InChI=1S/C18H30O2Si/c1-16(2,3)21(4,5)20-17-8-6-12-10-14-15(19)11-13(7-9-17)18(12,14)17/h12-14H,6-11H2,1-5H3/t12-,13-,14+,17+,18?/m1/s1. The fraction of sp³-hybridized carbons (Fsp3) is 0.944. The second-order valence-corrected chi connectivity index (χ2v) is 14.4. The number of hydrogen-bond donors (Lipinski definition) is 0. The molecular formula is C18H30O2Si. The van der Waals surface area contributed by atoms with Crippen molar-refractivity contribution in [1.82, 2.24) is 0 Å². The summed E-state index contributed by atoms with van der Waals surface area (Å²) < 4.78 is 7.12. The van der Waals surface area contributed by atoms with Crippen LogP contribution >= 0.6 is 0 Å². The topological polar surface area (TPSA) is 26.3 Å². The van der Waals surface area contributed by atoms with Crippen LogP contribution in [0.15, 0.2) is 0 Å². The molecule has 0 aromatic rings. The highest BCUT2D eigenvalue weighted by atomic mass is 28.4. The van der Waals surface area contributed by atoms with E-state index in [2.05, 4.69) is 33.9 Å². The zero-order valence-electron chi connectivity index (χ0n) is 14.3. The van der Waals surface area contributed by atoms with Crippen LogP contribution in [0.2, 0.25) is 18.1 Å². The van der Waals surface area contributed by atoms with Crippen molar-refractivity contribution in [2.45, 2.75) is 83.0 Å². The molecule has 2 nitrogen and oxygen atoms in total. The van der Waals surface area contributed by atoms with E-state index in [-0.39, 0.29) is 16.1 Å². The summed E-state index contributed by atoms with van der Waals surface area (Å²) in [6.07, 6.45) is 7.05. The first-order valence-electron chi connectivity index (χ1n) is 8.87. The minimum absolute atomic E-state index is 0.0699. The summed E-state index contributed by atoms with van der Waals surface area (Å²) >= 11 is 0. The molecule has 3 heteroatoms. The Kier molecular flexibility index (Phi) is 2.64. The van der Waals surface area contributed by atoms with Gasteiger partial charge < -0.3 is 4.43 Å². The molecule has 0 amide bonds. The molecular weight excluding hydrogens is 276 g/mol. The molecule has 4 rings (SSSR count). The highest BCUT2D eigenvalue weighted by Crippen LogP contribution is 2.79. The molecule has 0 heterocycles. The highest BCUT2D eigenvalue weighted by Gasteiger charge is 2.79. The largest absolute Gasteiger partial charge is 0.411 e. The fourth-order valence-electron chi connectivity index (χ4n) is 6.33. The summed E-state index contributed by atoms with van der Waals surface area (Å²) in [5.41, 5.74) is 0.347. The van der Waals surface area contributed by atoms with Crippen LogP contribution in [0.4, 0.5) is 0 Å². The third kappa shape index (κ3) is 1.46. The molecule has 0 radical (unpaired) electrons. The van der Waals surface area contributed by atoms with Gasteiger partial charge in [-0.15, -0.1) is 0 Å². The van der Waals surface area contributed by atoms with E-state index in [1.807, 2.05) is 0 Å². The molecule has 0 saturated heterocycles. The Bertz CT molecular complexity index is 502. The Morgan fingerprint density at radius 3 is 2.38 bits per heavy atom. The molecule has 0 N–H and O–H groups in total. The van der Waals surface area contributed by atoms with Gasteiger partial charge in [0.25, 0.3) is 0 Å². The van der Waals surface area contributed by atoms with Crippen molar-refractivity contribution >= 4 is 14.1 Å². The van der Waals surface area contributed by atoms with E-state index in [4.69, 9.17) is 4.43 Å². The molecule has 1 unspecified atom stereocenters. The Morgan fingerprint density at radius 2 is 1.76 bits per heavy atom. The van der Waals surface area contributed by atoms with Crippen LogP contribution in [-0.2, 0) is 9.22 Å². The number of hydrogen-bond acceptors (Lipinski definition) is 2. The highest BCUT2D eigenvalue weighted by molar-refractivity contribution is 6.74. The summed E-state index contributed by atoms with van der Waals surface area (Å²) in [4.78, 5) is 12.4. The lowest BCUT2D eigenvalue weighted by Crippen LogP contribution is -2.61. The van der Waals surface area contributed by atoms with E-state index in [0.29, 0.717) is 17.6 Å². The number of ketones is 1. The summed E-state index contributed by atoms with van der Waals surface area (Å²) in [7, 11) is -1.77.